The van der Waals surface area contributed by atoms with E-state index in [0.717, 1.165) is 48.1 Å². The third-order valence-electron chi connectivity index (χ3n) is 5.85. The monoisotopic (exact) mass is 518 g/mol. The van der Waals surface area contributed by atoms with E-state index in [1.807, 2.05) is 42.5 Å². The normalized spacial score (nSPS) is 10.9. The number of amides is 1. The molecule has 0 bridgehead atoms. The van der Waals surface area contributed by atoms with Crippen LogP contribution in [-0.2, 0) is 23.4 Å². The summed E-state index contributed by atoms with van der Waals surface area (Å²) in [5, 5.41) is 13.5. The topological polar surface area (TPSA) is 59.8 Å². The van der Waals surface area contributed by atoms with Crippen molar-refractivity contribution in [1.82, 2.24) is 20.1 Å². The Morgan fingerprint density at radius 2 is 1.72 bits per heavy atom. The van der Waals surface area contributed by atoms with Crippen molar-refractivity contribution in [1.29, 1.82) is 0 Å². The maximum absolute atomic E-state index is 12.3. The summed E-state index contributed by atoms with van der Waals surface area (Å²) in [7, 11) is 0. The van der Waals surface area contributed by atoms with Gasteiger partial charge in [-0.2, -0.15) is 0 Å². The molecular formula is C29H31ClN4OS. The van der Waals surface area contributed by atoms with E-state index in [-0.39, 0.29) is 5.91 Å². The van der Waals surface area contributed by atoms with Crippen LogP contribution in [-0.4, -0.2) is 27.2 Å². The number of carbonyl (C=O) groups is 1. The van der Waals surface area contributed by atoms with E-state index >= 15 is 0 Å². The first-order valence-electron chi connectivity index (χ1n) is 12.3. The summed E-state index contributed by atoms with van der Waals surface area (Å²) in [6, 6.07) is 26.5. The van der Waals surface area contributed by atoms with Crippen LogP contribution < -0.4 is 5.32 Å². The highest BCUT2D eigenvalue weighted by atomic mass is 35.5. The molecule has 5 nitrogen and oxygen atoms in total. The molecule has 36 heavy (non-hydrogen) atoms. The predicted octanol–water partition coefficient (Wildman–Crippen LogP) is 6.59. The van der Waals surface area contributed by atoms with Gasteiger partial charge in [-0.15, -0.1) is 10.2 Å². The fourth-order valence-corrected chi connectivity index (χ4v) is 5.13. The molecule has 0 spiro atoms. The molecule has 0 saturated carbocycles. The Bertz CT molecular complexity index is 1280. The second-order valence-electron chi connectivity index (χ2n) is 8.78. The largest absolute Gasteiger partial charge is 0.356 e. The number of hydrogen-bond acceptors (Lipinski definition) is 4. The fraction of sp³-hybridized carbons (Fsp3) is 0.276. The zero-order valence-corrected chi connectivity index (χ0v) is 22.1. The predicted molar refractivity (Wildman–Crippen MR) is 148 cm³/mol. The number of thioether (sulfide) groups is 1. The second kappa shape index (κ2) is 13.3. The van der Waals surface area contributed by atoms with Crippen LogP contribution in [0.25, 0.3) is 5.69 Å². The molecule has 0 aliphatic heterocycles. The number of aromatic nitrogens is 3. The molecule has 0 atom stereocenters. The molecule has 7 heteroatoms. The first-order valence-corrected chi connectivity index (χ1v) is 13.6. The average Bonchev–Trinajstić information content (AvgIpc) is 3.29. The van der Waals surface area contributed by atoms with Crippen LogP contribution in [0.4, 0.5) is 0 Å². The third-order valence-corrected chi connectivity index (χ3v) is 7.09. The molecule has 0 aliphatic carbocycles. The van der Waals surface area contributed by atoms with Crippen LogP contribution in [0, 0.1) is 6.92 Å². The Morgan fingerprint density at radius 3 is 2.53 bits per heavy atom. The van der Waals surface area contributed by atoms with Gasteiger partial charge in [0.05, 0.1) is 5.69 Å². The van der Waals surface area contributed by atoms with E-state index in [4.69, 9.17) is 11.6 Å². The first kappa shape index (κ1) is 26.0. The molecule has 1 heterocycles. The summed E-state index contributed by atoms with van der Waals surface area (Å²) in [6.07, 6.45) is 3.74. The standard InChI is InChI=1S/C29H31ClN4OS/c1-22-9-7-12-24(19-22)21-36-29-33-32-27(34(29)26-14-8-13-25(30)20-26)15-5-6-16-28(35)31-18-17-23-10-3-2-4-11-23/h2-4,7-14,19-20H,5-6,15-18,21H2,1H3,(H,31,35). The number of rotatable bonds is 12. The molecule has 186 valence electrons. The van der Waals surface area contributed by atoms with Gasteiger partial charge in [0.1, 0.15) is 5.82 Å². The minimum absolute atomic E-state index is 0.0941. The van der Waals surface area contributed by atoms with Gasteiger partial charge >= 0.3 is 0 Å². The van der Waals surface area contributed by atoms with Crippen LogP contribution in [0.5, 0.6) is 0 Å². The lowest BCUT2D eigenvalue weighted by atomic mass is 10.1. The quantitative estimate of drug-likeness (QED) is 0.170. The summed E-state index contributed by atoms with van der Waals surface area (Å²) in [4.78, 5) is 12.3. The summed E-state index contributed by atoms with van der Waals surface area (Å²) in [5.41, 5.74) is 4.68. The Morgan fingerprint density at radius 1 is 0.917 bits per heavy atom. The van der Waals surface area contributed by atoms with Crippen molar-refractivity contribution < 1.29 is 4.79 Å². The fourth-order valence-electron chi connectivity index (χ4n) is 4.03. The SMILES string of the molecule is Cc1cccc(CSc2nnc(CCCCC(=O)NCCc3ccccc3)n2-c2cccc(Cl)c2)c1. The maximum Gasteiger partial charge on any atom is 0.220 e. The summed E-state index contributed by atoms with van der Waals surface area (Å²) >= 11 is 7.96. The third kappa shape index (κ3) is 7.70. The van der Waals surface area contributed by atoms with E-state index in [9.17, 15) is 4.79 Å². The zero-order valence-electron chi connectivity index (χ0n) is 20.5. The number of hydrogen-bond donors (Lipinski definition) is 1. The summed E-state index contributed by atoms with van der Waals surface area (Å²) in [5.74, 6) is 1.79. The Kier molecular flexibility index (Phi) is 9.59. The van der Waals surface area contributed by atoms with Crippen LogP contribution in [0.3, 0.4) is 0 Å². The molecule has 1 amide bonds. The van der Waals surface area contributed by atoms with E-state index < -0.39 is 0 Å². The average molecular weight is 519 g/mol. The van der Waals surface area contributed by atoms with Crippen molar-refractivity contribution >= 4 is 29.3 Å². The smallest absolute Gasteiger partial charge is 0.220 e. The molecule has 1 N–H and O–H groups in total. The summed E-state index contributed by atoms with van der Waals surface area (Å²) in [6.45, 7) is 2.76. The molecule has 0 radical (unpaired) electrons. The van der Waals surface area contributed by atoms with Gasteiger partial charge < -0.3 is 5.32 Å². The van der Waals surface area contributed by atoms with Crippen molar-refractivity contribution in [2.45, 2.75) is 49.9 Å². The molecule has 4 aromatic rings. The molecular weight excluding hydrogens is 488 g/mol. The van der Waals surface area contributed by atoms with Crippen LogP contribution in [0.1, 0.15) is 41.8 Å². The summed E-state index contributed by atoms with van der Waals surface area (Å²) < 4.78 is 2.09. The second-order valence-corrected chi connectivity index (χ2v) is 10.2. The van der Waals surface area contributed by atoms with Crippen molar-refractivity contribution in [2.24, 2.45) is 0 Å². The number of aryl methyl sites for hydroxylation is 2. The number of unbranched alkanes of at least 4 members (excludes halogenated alkanes) is 1. The van der Waals surface area contributed by atoms with Gasteiger partial charge in [-0.1, -0.05) is 89.6 Å². The Balaban J connectivity index is 1.33. The number of nitrogens with one attached hydrogen (secondary N) is 1. The lowest BCUT2D eigenvalue weighted by Crippen LogP contribution is -2.25. The minimum Gasteiger partial charge on any atom is -0.356 e. The Hall–Kier alpha value is -3.09. The molecule has 1 aromatic heterocycles. The molecule has 3 aromatic carbocycles. The van der Waals surface area contributed by atoms with Gasteiger partial charge in [0.25, 0.3) is 0 Å². The van der Waals surface area contributed by atoms with Gasteiger partial charge in [-0.25, -0.2) is 0 Å². The highest BCUT2D eigenvalue weighted by Crippen LogP contribution is 2.27. The van der Waals surface area contributed by atoms with Crippen molar-refractivity contribution in [3.8, 4) is 5.69 Å². The van der Waals surface area contributed by atoms with E-state index in [0.29, 0.717) is 18.0 Å². The maximum atomic E-state index is 12.3. The van der Waals surface area contributed by atoms with Gasteiger partial charge in [-0.3, -0.25) is 9.36 Å². The lowest BCUT2D eigenvalue weighted by molar-refractivity contribution is -0.121. The van der Waals surface area contributed by atoms with E-state index in [2.05, 4.69) is 63.4 Å². The first-order chi connectivity index (χ1) is 17.6. The number of nitrogens with zero attached hydrogens (tertiary/aromatic N) is 3. The van der Waals surface area contributed by atoms with Gasteiger partial charge in [0.2, 0.25) is 5.91 Å². The molecule has 0 saturated heterocycles. The van der Waals surface area contributed by atoms with Crippen LogP contribution >= 0.6 is 23.4 Å². The van der Waals surface area contributed by atoms with Gasteiger partial charge in [0, 0.05) is 30.2 Å². The zero-order chi connectivity index (χ0) is 25.2. The number of carbonyl (C=O) groups excluding carboxylic acids is 1. The number of benzene rings is 3. The minimum atomic E-state index is 0.0941. The van der Waals surface area contributed by atoms with Crippen molar-refractivity contribution in [3.05, 3.63) is 106 Å². The molecule has 0 unspecified atom stereocenters. The van der Waals surface area contributed by atoms with E-state index in [1.165, 1.54) is 16.7 Å². The van der Waals surface area contributed by atoms with Crippen LogP contribution in [0.15, 0.2) is 84.0 Å². The molecule has 0 aliphatic rings. The van der Waals surface area contributed by atoms with Gasteiger partial charge in [0.15, 0.2) is 5.16 Å². The highest BCUT2D eigenvalue weighted by molar-refractivity contribution is 7.98. The highest BCUT2D eigenvalue weighted by Gasteiger charge is 2.15. The van der Waals surface area contributed by atoms with E-state index in [1.54, 1.807) is 11.8 Å². The Labute approximate surface area is 222 Å². The van der Waals surface area contributed by atoms with Gasteiger partial charge in [-0.05, 0) is 55.5 Å². The molecule has 4 rings (SSSR count). The number of halogens is 1. The van der Waals surface area contributed by atoms with Crippen molar-refractivity contribution in [2.75, 3.05) is 6.54 Å². The van der Waals surface area contributed by atoms with Crippen LogP contribution in [0.2, 0.25) is 5.02 Å². The molecule has 0 fully saturated rings. The lowest BCUT2D eigenvalue weighted by Gasteiger charge is -2.11. The van der Waals surface area contributed by atoms with Crippen molar-refractivity contribution in [3.63, 3.8) is 0 Å².